The van der Waals surface area contributed by atoms with Gasteiger partial charge in [-0.25, -0.2) is 0 Å². The lowest BCUT2D eigenvalue weighted by atomic mass is 9.74. The highest BCUT2D eigenvalue weighted by atomic mass is 16.5. The monoisotopic (exact) mass is 486 g/mol. The molecule has 0 saturated carbocycles. The molecule has 0 saturated heterocycles. The molecule has 0 unspecified atom stereocenters. The number of hydrogen-bond acceptors (Lipinski definition) is 4. The van der Waals surface area contributed by atoms with Gasteiger partial charge in [0, 0.05) is 21.9 Å². The Morgan fingerprint density at radius 3 is 1.89 bits per heavy atom. The number of phenolic OH excluding ortho intramolecular Hbond substituents is 1. The van der Waals surface area contributed by atoms with Crippen LogP contribution in [-0.4, -0.2) is 23.9 Å². The van der Waals surface area contributed by atoms with Crippen molar-refractivity contribution in [3.8, 4) is 17.2 Å². The first-order valence-corrected chi connectivity index (χ1v) is 12.2. The minimum atomic E-state index is -1.66. The number of methoxy groups -OCH3 is 1. The van der Waals surface area contributed by atoms with Gasteiger partial charge in [-0.1, -0.05) is 97.1 Å². The number of benzene rings is 5. The molecule has 0 bridgehead atoms. The topological polar surface area (TPSA) is 58.9 Å². The van der Waals surface area contributed by atoms with Crippen molar-refractivity contribution >= 4 is 16.3 Å². The quantitative estimate of drug-likeness (QED) is 0.273. The van der Waals surface area contributed by atoms with E-state index in [0.717, 1.165) is 22.3 Å². The van der Waals surface area contributed by atoms with E-state index in [-0.39, 0.29) is 5.75 Å². The number of phenols is 1. The molecule has 6 rings (SSSR count). The maximum Gasteiger partial charge on any atom is 0.144 e. The fourth-order valence-electron chi connectivity index (χ4n) is 5.31. The number of fused-ring (bicyclic) bond motifs is 3. The third-order valence-electron chi connectivity index (χ3n) is 7.07. The Labute approximate surface area is 215 Å². The van der Waals surface area contributed by atoms with Crippen LogP contribution < -0.4 is 9.47 Å². The maximum atomic E-state index is 12.8. The van der Waals surface area contributed by atoms with Crippen molar-refractivity contribution in [3.05, 3.63) is 143 Å². The maximum absolute atomic E-state index is 12.8. The lowest BCUT2D eigenvalue weighted by molar-refractivity contribution is 0.122. The minimum absolute atomic E-state index is 0.0227. The fourth-order valence-corrected chi connectivity index (χ4v) is 5.31. The van der Waals surface area contributed by atoms with Gasteiger partial charge in [-0.15, -0.1) is 0 Å². The number of rotatable bonds is 5. The Balaban J connectivity index is 1.75. The summed E-state index contributed by atoms with van der Waals surface area (Å²) >= 11 is 0. The Morgan fingerprint density at radius 1 is 0.730 bits per heavy atom. The summed E-state index contributed by atoms with van der Waals surface area (Å²) in [5.74, 6) is 1.42. The van der Waals surface area contributed by atoms with Gasteiger partial charge in [-0.3, -0.25) is 0 Å². The molecule has 0 atom stereocenters. The highest BCUT2D eigenvalue weighted by Gasteiger charge is 2.42. The number of hydrogen-bond donors (Lipinski definition) is 2. The zero-order valence-electron chi connectivity index (χ0n) is 20.4. The van der Waals surface area contributed by atoms with Gasteiger partial charge >= 0.3 is 0 Å². The molecular weight excluding hydrogens is 460 g/mol. The van der Waals surface area contributed by atoms with Gasteiger partial charge in [-0.2, -0.15) is 0 Å². The normalized spacial score (nSPS) is 13.0. The average molecular weight is 487 g/mol. The summed E-state index contributed by atoms with van der Waals surface area (Å²) in [5.41, 5.74) is 2.51. The smallest absolute Gasteiger partial charge is 0.144 e. The first-order chi connectivity index (χ1) is 18.1. The summed E-state index contributed by atoms with van der Waals surface area (Å²) in [7, 11) is 1.64. The Morgan fingerprint density at radius 2 is 1.30 bits per heavy atom. The molecule has 0 fully saturated rings. The number of aromatic hydroxyl groups is 1. The van der Waals surface area contributed by atoms with Crippen LogP contribution in [0.1, 0.15) is 27.8 Å². The van der Waals surface area contributed by atoms with Crippen molar-refractivity contribution in [1.82, 2.24) is 0 Å². The largest absolute Gasteiger partial charge is 0.507 e. The molecule has 37 heavy (non-hydrogen) atoms. The number of aliphatic hydroxyl groups is 1. The lowest BCUT2D eigenvalue weighted by Gasteiger charge is -2.35. The summed E-state index contributed by atoms with van der Waals surface area (Å²) < 4.78 is 11.6. The van der Waals surface area contributed by atoms with E-state index in [2.05, 4.69) is 0 Å². The second-order valence-corrected chi connectivity index (χ2v) is 9.07. The SMILES string of the molecule is COc1ccc(C2=CCOc3c2c(C(O)(c2ccccc2)c2ccccc2)c(O)c2ccccc32)cc1. The van der Waals surface area contributed by atoms with Crippen molar-refractivity contribution < 1.29 is 19.7 Å². The second kappa shape index (κ2) is 9.16. The molecule has 0 aromatic heterocycles. The fraction of sp³-hybridized carbons (Fsp3) is 0.0909. The van der Waals surface area contributed by atoms with E-state index in [9.17, 15) is 10.2 Å². The van der Waals surface area contributed by atoms with Crippen LogP contribution in [-0.2, 0) is 5.60 Å². The van der Waals surface area contributed by atoms with Crippen molar-refractivity contribution in [1.29, 1.82) is 0 Å². The summed E-state index contributed by atoms with van der Waals surface area (Å²) in [6.45, 7) is 0.373. The van der Waals surface area contributed by atoms with E-state index < -0.39 is 5.60 Å². The van der Waals surface area contributed by atoms with E-state index >= 15 is 0 Å². The summed E-state index contributed by atoms with van der Waals surface area (Å²) in [6.07, 6.45) is 2.00. The Kier molecular flexibility index (Phi) is 5.67. The molecule has 4 nitrogen and oxygen atoms in total. The second-order valence-electron chi connectivity index (χ2n) is 9.07. The summed E-state index contributed by atoms with van der Waals surface area (Å²) in [5, 5.41) is 26.2. The van der Waals surface area contributed by atoms with Gasteiger partial charge in [0.25, 0.3) is 0 Å². The number of ether oxygens (including phenoxy) is 2. The highest BCUT2D eigenvalue weighted by molar-refractivity contribution is 6.03. The first kappa shape index (κ1) is 22.9. The van der Waals surface area contributed by atoms with Gasteiger partial charge < -0.3 is 19.7 Å². The lowest BCUT2D eigenvalue weighted by Crippen LogP contribution is -2.31. The molecule has 1 heterocycles. The van der Waals surface area contributed by atoms with E-state index in [1.807, 2.05) is 115 Å². The molecule has 0 amide bonds. The van der Waals surface area contributed by atoms with Crippen molar-refractivity contribution in [2.24, 2.45) is 0 Å². The highest BCUT2D eigenvalue weighted by Crippen LogP contribution is 2.53. The van der Waals surface area contributed by atoms with Crippen LogP contribution in [0.2, 0.25) is 0 Å². The molecule has 4 heteroatoms. The zero-order chi connectivity index (χ0) is 25.4. The molecule has 0 spiro atoms. The van der Waals surface area contributed by atoms with Crippen molar-refractivity contribution in [3.63, 3.8) is 0 Å². The van der Waals surface area contributed by atoms with Crippen LogP contribution >= 0.6 is 0 Å². The molecule has 182 valence electrons. The Hall–Kier alpha value is -4.54. The zero-order valence-corrected chi connectivity index (χ0v) is 20.4. The van der Waals surface area contributed by atoms with Crippen LogP contribution in [0, 0.1) is 0 Å². The van der Waals surface area contributed by atoms with Crippen molar-refractivity contribution in [2.45, 2.75) is 5.60 Å². The molecule has 0 aliphatic carbocycles. The van der Waals surface area contributed by atoms with Crippen LogP contribution in [0.3, 0.4) is 0 Å². The molecule has 0 radical (unpaired) electrons. The minimum Gasteiger partial charge on any atom is -0.507 e. The Bertz CT molecular complexity index is 1560. The first-order valence-electron chi connectivity index (χ1n) is 12.2. The predicted octanol–water partition coefficient (Wildman–Crippen LogP) is 6.66. The van der Waals surface area contributed by atoms with Crippen LogP contribution in [0.25, 0.3) is 16.3 Å². The standard InChI is InChI=1S/C33H26O4/c1-36-25-18-16-22(17-19-25)26-20-21-37-32-28-15-9-8-14-27(28)31(34)30(29(26)32)33(35,23-10-4-2-5-11-23)24-12-6-3-7-13-24/h2-20,34-35H,21H2,1H3. The van der Waals surface area contributed by atoms with Gasteiger partial charge in [0.15, 0.2) is 0 Å². The van der Waals surface area contributed by atoms with E-state index in [4.69, 9.17) is 9.47 Å². The van der Waals surface area contributed by atoms with E-state index in [1.54, 1.807) is 7.11 Å². The average Bonchev–Trinajstić information content (AvgIpc) is 2.98. The van der Waals surface area contributed by atoms with Crippen LogP contribution in [0.15, 0.2) is 115 Å². The van der Waals surface area contributed by atoms with Gasteiger partial charge in [-0.05, 0) is 40.5 Å². The summed E-state index contributed by atoms with van der Waals surface area (Å²) in [4.78, 5) is 0. The van der Waals surface area contributed by atoms with Crippen LogP contribution in [0.5, 0.6) is 17.2 Å². The third-order valence-corrected chi connectivity index (χ3v) is 7.07. The van der Waals surface area contributed by atoms with Gasteiger partial charge in [0.1, 0.15) is 29.5 Å². The molecule has 1 aliphatic heterocycles. The predicted molar refractivity (Wildman–Crippen MR) is 146 cm³/mol. The molecule has 5 aromatic carbocycles. The molecule has 2 N–H and O–H groups in total. The van der Waals surface area contributed by atoms with E-state index in [0.29, 0.717) is 40.0 Å². The molecular formula is C33H26O4. The van der Waals surface area contributed by atoms with E-state index in [1.165, 1.54) is 0 Å². The van der Waals surface area contributed by atoms with Gasteiger partial charge in [0.2, 0.25) is 0 Å². The van der Waals surface area contributed by atoms with Crippen LogP contribution in [0.4, 0.5) is 0 Å². The third kappa shape index (κ3) is 3.65. The summed E-state index contributed by atoms with van der Waals surface area (Å²) in [6, 6.07) is 34.3. The van der Waals surface area contributed by atoms with Gasteiger partial charge in [0.05, 0.1) is 7.11 Å². The molecule has 5 aromatic rings. The van der Waals surface area contributed by atoms with Crippen molar-refractivity contribution in [2.75, 3.05) is 13.7 Å². The molecule has 1 aliphatic rings.